The first kappa shape index (κ1) is 47.9. The molecular formula is C70H70BN3S. The molecule has 0 fully saturated rings. The van der Waals surface area contributed by atoms with Gasteiger partial charge in [0.15, 0.2) is 0 Å². The Morgan fingerprint density at radius 2 is 0.987 bits per heavy atom. The van der Waals surface area contributed by atoms with Crippen LogP contribution < -0.4 is 31.1 Å². The van der Waals surface area contributed by atoms with E-state index in [9.17, 15) is 0 Å². The number of thiophene rings is 1. The molecule has 0 radical (unpaired) electrons. The van der Waals surface area contributed by atoms with Crippen molar-refractivity contribution in [2.75, 3.05) is 14.7 Å². The molecule has 1 aromatic heterocycles. The highest BCUT2D eigenvalue weighted by atomic mass is 32.1. The molecule has 8 aromatic carbocycles. The summed E-state index contributed by atoms with van der Waals surface area (Å²) in [6.45, 7) is 26.8. The number of fused-ring (bicyclic) bond motifs is 8. The smallest absolute Gasteiger partial charge is 0.254 e. The second kappa shape index (κ2) is 16.8. The first-order valence-electron chi connectivity index (χ1n) is 27.5. The first-order chi connectivity index (χ1) is 35.8. The van der Waals surface area contributed by atoms with Gasteiger partial charge in [-0.1, -0.05) is 179 Å². The maximum Gasteiger partial charge on any atom is 0.254 e. The minimum absolute atomic E-state index is 0.00871. The van der Waals surface area contributed by atoms with Crippen molar-refractivity contribution >= 4 is 95.0 Å². The van der Waals surface area contributed by atoms with E-state index in [2.05, 4.69) is 267 Å². The van der Waals surface area contributed by atoms with Crippen LogP contribution in [-0.4, -0.2) is 6.71 Å². The van der Waals surface area contributed by atoms with Crippen LogP contribution in [-0.2, 0) is 27.1 Å². The van der Waals surface area contributed by atoms with Crippen LogP contribution in [0, 0.1) is 0 Å². The fraction of sp³-hybridized carbons (Fsp3) is 0.286. The second-order valence-electron chi connectivity index (χ2n) is 25.9. The summed E-state index contributed by atoms with van der Waals surface area (Å²) in [6.07, 6.45) is 4.64. The Labute approximate surface area is 451 Å². The fourth-order valence-corrected chi connectivity index (χ4v) is 14.8. The van der Waals surface area contributed by atoms with Gasteiger partial charge in [0.2, 0.25) is 0 Å². The van der Waals surface area contributed by atoms with Gasteiger partial charge >= 0.3 is 0 Å². The maximum atomic E-state index is 2.72. The predicted octanol–water partition coefficient (Wildman–Crippen LogP) is 18.1. The highest BCUT2D eigenvalue weighted by molar-refractivity contribution is 7.26. The lowest BCUT2D eigenvalue weighted by Gasteiger charge is -2.48. The predicted molar refractivity (Wildman–Crippen MR) is 325 cm³/mol. The molecule has 0 saturated heterocycles. The average molecular weight is 996 g/mol. The molecule has 13 rings (SSSR count). The SMILES string of the molecule is CC(C)(C)c1ccc(N2c3cc(N(c4ccccc4)c4ccccc4)cc4c3B(c3cc5c(cc3N4c3ccc4c(c3)C(C)(C)CCC4(C)C)C(C)(C)CCC5(C)C)c3c2sc2ccccc32)c(-c2ccccc2)c1. The van der Waals surface area contributed by atoms with E-state index < -0.39 is 0 Å². The van der Waals surface area contributed by atoms with Gasteiger partial charge in [-0.25, -0.2) is 0 Å². The Hall–Kier alpha value is -6.82. The zero-order chi connectivity index (χ0) is 52.0. The van der Waals surface area contributed by atoms with Gasteiger partial charge in [0.05, 0.1) is 16.4 Å². The van der Waals surface area contributed by atoms with E-state index in [1.807, 2.05) is 11.3 Å². The van der Waals surface area contributed by atoms with Gasteiger partial charge in [-0.15, -0.1) is 11.3 Å². The van der Waals surface area contributed by atoms with Crippen LogP contribution in [0.1, 0.15) is 130 Å². The van der Waals surface area contributed by atoms with Crippen LogP contribution in [0.5, 0.6) is 0 Å². The molecule has 0 unspecified atom stereocenters. The maximum absolute atomic E-state index is 2.72. The third-order valence-electron chi connectivity index (χ3n) is 18.1. The van der Waals surface area contributed by atoms with E-state index in [4.69, 9.17) is 0 Å². The zero-order valence-electron chi connectivity index (χ0n) is 45.9. The molecule has 0 saturated carbocycles. The molecule has 3 nitrogen and oxygen atoms in total. The fourth-order valence-electron chi connectivity index (χ4n) is 13.5. The number of nitrogens with zero attached hydrogens (tertiary/aromatic N) is 3. The van der Waals surface area contributed by atoms with Crippen molar-refractivity contribution in [2.45, 2.75) is 129 Å². The minimum Gasteiger partial charge on any atom is -0.311 e. The topological polar surface area (TPSA) is 9.72 Å². The molecule has 0 bridgehead atoms. The van der Waals surface area contributed by atoms with Gasteiger partial charge in [-0.05, 0) is 181 Å². The van der Waals surface area contributed by atoms with Crippen molar-refractivity contribution in [3.63, 3.8) is 0 Å². The number of rotatable bonds is 6. The third kappa shape index (κ3) is 7.57. The van der Waals surface area contributed by atoms with Crippen LogP contribution in [0.4, 0.5) is 50.5 Å². The monoisotopic (exact) mass is 996 g/mol. The largest absolute Gasteiger partial charge is 0.311 e. The summed E-state index contributed by atoms with van der Waals surface area (Å²) in [5.74, 6) is 0. The average Bonchev–Trinajstić information content (AvgIpc) is 3.82. The second-order valence-corrected chi connectivity index (χ2v) is 26.9. The van der Waals surface area contributed by atoms with E-state index in [1.54, 1.807) is 0 Å². The molecule has 9 aromatic rings. The Morgan fingerprint density at radius 3 is 1.60 bits per heavy atom. The summed E-state index contributed by atoms with van der Waals surface area (Å²) in [7, 11) is 0. The van der Waals surface area contributed by atoms with Crippen molar-refractivity contribution in [1.82, 2.24) is 0 Å². The molecule has 3 heterocycles. The third-order valence-corrected chi connectivity index (χ3v) is 19.3. The zero-order valence-corrected chi connectivity index (χ0v) is 46.7. The van der Waals surface area contributed by atoms with E-state index in [-0.39, 0.29) is 33.8 Å². The molecule has 4 aliphatic rings. The number of hydrogen-bond acceptors (Lipinski definition) is 4. The summed E-state index contributed by atoms with van der Waals surface area (Å²) in [5.41, 5.74) is 23.5. The number of para-hydroxylation sites is 2. The summed E-state index contributed by atoms with van der Waals surface area (Å²) in [6, 6.07) is 67.7. The normalized spacial score (nSPS) is 17.4. The molecule has 0 atom stereocenters. The van der Waals surface area contributed by atoms with Crippen LogP contribution in [0.2, 0.25) is 0 Å². The van der Waals surface area contributed by atoms with Gasteiger partial charge in [-0.2, -0.15) is 0 Å². The molecule has 75 heavy (non-hydrogen) atoms. The summed E-state index contributed by atoms with van der Waals surface area (Å²) in [5, 5.41) is 2.63. The molecule has 0 N–H and O–H groups in total. The molecule has 0 amide bonds. The summed E-state index contributed by atoms with van der Waals surface area (Å²) < 4.78 is 1.31. The lowest BCUT2D eigenvalue weighted by molar-refractivity contribution is 0.332. The number of anilines is 9. The van der Waals surface area contributed by atoms with Gasteiger partial charge in [-0.3, -0.25) is 0 Å². The Balaban J connectivity index is 1.21. The minimum atomic E-state index is -0.0485. The van der Waals surface area contributed by atoms with E-state index in [0.29, 0.717) is 0 Å². The van der Waals surface area contributed by atoms with Gasteiger partial charge < -0.3 is 14.7 Å². The van der Waals surface area contributed by atoms with Crippen molar-refractivity contribution < 1.29 is 0 Å². The first-order valence-corrected chi connectivity index (χ1v) is 28.4. The van der Waals surface area contributed by atoms with Crippen LogP contribution >= 0.6 is 11.3 Å². The highest BCUT2D eigenvalue weighted by Crippen LogP contribution is 2.56. The van der Waals surface area contributed by atoms with Gasteiger partial charge in [0.1, 0.15) is 0 Å². The Bertz CT molecular complexity index is 3690. The lowest BCUT2D eigenvalue weighted by atomic mass is 9.33. The Morgan fingerprint density at radius 1 is 0.453 bits per heavy atom. The van der Waals surface area contributed by atoms with Crippen LogP contribution in [0.15, 0.2) is 176 Å². The van der Waals surface area contributed by atoms with Crippen LogP contribution in [0.25, 0.3) is 21.2 Å². The molecule has 0 spiro atoms. The highest BCUT2D eigenvalue weighted by Gasteiger charge is 2.49. The van der Waals surface area contributed by atoms with Gasteiger partial charge in [0, 0.05) is 44.4 Å². The van der Waals surface area contributed by atoms with Crippen molar-refractivity contribution in [2.24, 2.45) is 0 Å². The van der Waals surface area contributed by atoms with Gasteiger partial charge in [0.25, 0.3) is 6.71 Å². The Kier molecular flexibility index (Phi) is 10.8. The van der Waals surface area contributed by atoms with E-state index in [1.165, 1.54) is 105 Å². The molecule has 2 aliphatic carbocycles. The molecular weight excluding hydrogens is 926 g/mol. The van der Waals surface area contributed by atoms with Crippen molar-refractivity contribution in [1.29, 1.82) is 0 Å². The lowest BCUT2D eigenvalue weighted by Crippen LogP contribution is -2.61. The molecule has 2 aliphatic heterocycles. The van der Waals surface area contributed by atoms with Crippen LogP contribution in [0.3, 0.4) is 0 Å². The molecule has 5 heteroatoms. The van der Waals surface area contributed by atoms with Crippen molar-refractivity contribution in [3.8, 4) is 11.1 Å². The number of benzene rings is 8. The molecule has 374 valence electrons. The summed E-state index contributed by atoms with van der Waals surface area (Å²) >= 11 is 1.95. The quantitative estimate of drug-likeness (QED) is 0.154. The van der Waals surface area contributed by atoms with E-state index >= 15 is 0 Å². The summed E-state index contributed by atoms with van der Waals surface area (Å²) in [4.78, 5) is 7.89. The standard InChI is InChI=1S/C70H70BN3S/c1-66(2,3)46-31-34-58(52(39-46)45-23-15-12-16-24-45)74-61-42-50(72(47-25-17-13-18-26-47)48-27-19-14-20-28-48)41-60-64(61)71(63-51-29-21-22-30-62(51)75-65(63)74)57-43-55-56(70(10,11)38-37-69(55,8)9)44-59(57)73(60)49-32-33-53-54(40-49)68(6,7)36-35-67(53,4)5/h12-34,39-44H,35-38H2,1-11H3. The van der Waals surface area contributed by atoms with E-state index in [0.717, 1.165) is 36.3 Å². The number of hydrogen-bond donors (Lipinski definition) is 0. The van der Waals surface area contributed by atoms with Crippen molar-refractivity contribution in [3.05, 3.63) is 204 Å².